The van der Waals surface area contributed by atoms with E-state index in [-0.39, 0.29) is 11.1 Å². The van der Waals surface area contributed by atoms with Gasteiger partial charge in [0.15, 0.2) is 0 Å². The number of nitrogens with zero attached hydrogens (tertiary/aromatic N) is 6. The molecule has 1 aliphatic heterocycles. The Hall–Kier alpha value is -2.89. The van der Waals surface area contributed by atoms with Crippen LogP contribution in [0.25, 0.3) is 11.1 Å². The number of aromatic nitrogens is 4. The highest BCUT2D eigenvalue weighted by Gasteiger charge is 2.36. The summed E-state index contributed by atoms with van der Waals surface area (Å²) in [5, 5.41) is 6.57. The van der Waals surface area contributed by atoms with Gasteiger partial charge in [-0.15, -0.1) is 0 Å². The van der Waals surface area contributed by atoms with Crippen LogP contribution in [0.3, 0.4) is 0 Å². The quantitative estimate of drug-likeness (QED) is 0.455. The summed E-state index contributed by atoms with van der Waals surface area (Å²) in [5.41, 5.74) is 7.38. The lowest BCUT2D eigenvalue weighted by molar-refractivity contribution is -0.137. The number of nitrogens with two attached hydrogens (primary N) is 1. The Morgan fingerprint density at radius 2 is 1.86 bits per heavy atom. The van der Waals surface area contributed by atoms with Crippen molar-refractivity contribution in [1.82, 2.24) is 30.0 Å². The molecule has 0 aliphatic carbocycles. The molecule has 0 amide bonds. The summed E-state index contributed by atoms with van der Waals surface area (Å²) >= 11 is 6.38. The van der Waals surface area contributed by atoms with Gasteiger partial charge in [-0.1, -0.05) is 37.6 Å². The fourth-order valence-electron chi connectivity index (χ4n) is 4.70. The lowest BCUT2D eigenvalue weighted by Crippen LogP contribution is -2.50. The van der Waals surface area contributed by atoms with Gasteiger partial charge in [-0.25, -0.2) is 9.97 Å². The minimum Gasteiger partial charge on any atom is -0.383 e. The number of halogens is 4. The van der Waals surface area contributed by atoms with Crippen molar-refractivity contribution >= 4 is 23.2 Å². The molecular formula is C24H30ClF3N8. The van der Waals surface area contributed by atoms with Gasteiger partial charge in [0, 0.05) is 50.5 Å². The first kappa shape index (κ1) is 26.2. The van der Waals surface area contributed by atoms with E-state index in [1.807, 2.05) is 13.8 Å². The van der Waals surface area contributed by atoms with Crippen molar-refractivity contribution in [2.75, 3.05) is 56.4 Å². The minimum absolute atomic E-state index is 0.226. The van der Waals surface area contributed by atoms with Crippen LogP contribution in [-0.2, 0) is 6.18 Å². The maximum absolute atomic E-state index is 13.6. The Bertz CT molecular complexity index is 1140. The third kappa shape index (κ3) is 5.42. The van der Waals surface area contributed by atoms with Crippen LogP contribution in [0.1, 0.15) is 31.0 Å². The van der Waals surface area contributed by atoms with Crippen molar-refractivity contribution in [2.24, 2.45) is 0 Å². The topological polar surface area (TPSA) is 90.2 Å². The van der Waals surface area contributed by atoms with E-state index in [1.165, 1.54) is 12.4 Å². The molecule has 0 saturated carbocycles. The van der Waals surface area contributed by atoms with Gasteiger partial charge in [0.1, 0.15) is 18.0 Å². The zero-order valence-corrected chi connectivity index (χ0v) is 21.0. The molecule has 1 unspecified atom stereocenters. The summed E-state index contributed by atoms with van der Waals surface area (Å²) in [5.74, 6) is 1.07. The number of anilines is 2. The zero-order chi connectivity index (χ0) is 25.9. The second-order valence-corrected chi connectivity index (χ2v) is 9.05. The maximum atomic E-state index is 13.6. The van der Waals surface area contributed by atoms with E-state index in [0.29, 0.717) is 55.5 Å². The average molecular weight is 523 g/mol. The molecular weight excluding hydrogens is 493 g/mol. The molecule has 3 aromatic rings. The molecule has 2 aromatic heterocycles. The number of benzene rings is 1. The molecule has 0 spiro atoms. The van der Waals surface area contributed by atoms with Gasteiger partial charge in [-0.05, 0) is 24.7 Å². The van der Waals surface area contributed by atoms with Gasteiger partial charge in [0.25, 0.3) is 0 Å². The number of aromatic amines is 1. The van der Waals surface area contributed by atoms with Gasteiger partial charge >= 0.3 is 6.18 Å². The molecule has 1 fully saturated rings. The summed E-state index contributed by atoms with van der Waals surface area (Å²) < 4.78 is 40.8. The molecule has 194 valence electrons. The Balaban J connectivity index is 1.61. The van der Waals surface area contributed by atoms with E-state index >= 15 is 0 Å². The number of hydrogen-bond donors (Lipinski definition) is 2. The van der Waals surface area contributed by atoms with E-state index in [0.717, 1.165) is 24.7 Å². The van der Waals surface area contributed by atoms with Gasteiger partial charge in [-0.2, -0.15) is 18.3 Å². The summed E-state index contributed by atoms with van der Waals surface area (Å²) in [6, 6.07) is 3.90. The van der Waals surface area contributed by atoms with Crippen LogP contribution in [0.4, 0.5) is 24.8 Å². The van der Waals surface area contributed by atoms with Crippen LogP contribution in [0.5, 0.6) is 0 Å². The molecule has 1 saturated heterocycles. The summed E-state index contributed by atoms with van der Waals surface area (Å²) in [7, 11) is 0. The van der Waals surface area contributed by atoms with Gasteiger partial charge < -0.3 is 15.5 Å². The van der Waals surface area contributed by atoms with E-state index in [2.05, 4.69) is 34.9 Å². The molecule has 1 aromatic carbocycles. The Labute approximate surface area is 213 Å². The number of nitrogens with one attached hydrogen (secondary N) is 1. The number of piperazine rings is 1. The third-order valence-corrected chi connectivity index (χ3v) is 7.14. The molecule has 0 radical (unpaired) electrons. The van der Waals surface area contributed by atoms with Crippen molar-refractivity contribution in [1.29, 1.82) is 0 Å². The van der Waals surface area contributed by atoms with Crippen LogP contribution < -0.4 is 10.6 Å². The van der Waals surface area contributed by atoms with Gasteiger partial charge in [-0.3, -0.25) is 10.00 Å². The smallest absolute Gasteiger partial charge is 0.383 e. The Kier molecular flexibility index (Phi) is 8.01. The summed E-state index contributed by atoms with van der Waals surface area (Å²) in [4.78, 5) is 15.2. The second kappa shape index (κ2) is 11.0. The molecule has 3 heterocycles. The zero-order valence-electron chi connectivity index (χ0n) is 20.3. The molecule has 4 rings (SSSR count). The number of H-pyrrole nitrogens is 1. The predicted octanol–water partition coefficient (Wildman–Crippen LogP) is 4.33. The van der Waals surface area contributed by atoms with Crippen molar-refractivity contribution in [3.63, 3.8) is 0 Å². The fourth-order valence-corrected chi connectivity index (χ4v) is 5.06. The lowest BCUT2D eigenvalue weighted by Gasteiger charge is -2.42. The third-order valence-electron chi connectivity index (χ3n) is 6.72. The van der Waals surface area contributed by atoms with Crippen molar-refractivity contribution in [3.05, 3.63) is 53.1 Å². The Morgan fingerprint density at radius 3 is 2.47 bits per heavy atom. The molecule has 1 aliphatic rings. The molecule has 8 nitrogen and oxygen atoms in total. The average Bonchev–Trinajstić information content (AvgIpc) is 3.39. The standard InChI is InChI=1S/C24H30ClF3N8/c1-3-34(4-2)14-19(17-6-5-7-18(21(17)25)24(26,27)28)35-8-10-36(11-9-35)23-20(16-12-32-33-13-16)22(29)30-15-31-23/h5-7,12-13,15,19H,3-4,8-11,14H2,1-2H3,(H,32,33)(H2,29,30,31). The van der Waals surface area contributed by atoms with Crippen molar-refractivity contribution in [3.8, 4) is 11.1 Å². The highest BCUT2D eigenvalue weighted by atomic mass is 35.5. The van der Waals surface area contributed by atoms with E-state index in [9.17, 15) is 13.2 Å². The summed E-state index contributed by atoms with van der Waals surface area (Å²) in [6.45, 7) is 8.72. The highest BCUT2D eigenvalue weighted by Crippen LogP contribution is 2.40. The fraction of sp³-hybridized carbons (Fsp3) is 0.458. The minimum atomic E-state index is -4.51. The Morgan fingerprint density at radius 1 is 1.14 bits per heavy atom. The maximum Gasteiger partial charge on any atom is 0.417 e. The number of rotatable bonds is 8. The van der Waals surface area contributed by atoms with E-state index < -0.39 is 11.7 Å². The van der Waals surface area contributed by atoms with Crippen LogP contribution >= 0.6 is 11.6 Å². The van der Waals surface area contributed by atoms with Crippen LogP contribution in [0.2, 0.25) is 5.02 Å². The molecule has 12 heteroatoms. The van der Waals surface area contributed by atoms with Crippen LogP contribution in [-0.4, -0.2) is 75.8 Å². The first-order valence-electron chi connectivity index (χ1n) is 11.9. The number of alkyl halides is 3. The number of nitrogen functional groups attached to an aromatic ring is 1. The van der Waals surface area contributed by atoms with E-state index in [1.54, 1.807) is 18.5 Å². The first-order valence-corrected chi connectivity index (χ1v) is 12.3. The largest absolute Gasteiger partial charge is 0.417 e. The molecule has 1 atom stereocenters. The van der Waals surface area contributed by atoms with Crippen LogP contribution in [0.15, 0.2) is 36.9 Å². The van der Waals surface area contributed by atoms with E-state index in [4.69, 9.17) is 17.3 Å². The van der Waals surface area contributed by atoms with Gasteiger partial charge in [0.2, 0.25) is 0 Å². The molecule has 0 bridgehead atoms. The number of likely N-dealkylation sites (N-methyl/N-ethyl adjacent to an activating group) is 1. The van der Waals surface area contributed by atoms with Crippen molar-refractivity contribution in [2.45, 2.75) is 26.1 Å². The lowest BCUT2D eigenvalue weighted by atomic mass is 10.00. The molecule has 3 N–H and O–H groups in total. The van der Waals surface area contributed by atoms with Crippen molar-refractivity contribution < 1.29 is 13.2 Å². The first-order chi connectivity index (χ1) is 17.2. The normalized spacial score (nSPS) is 16.0. The monoisotopic (exact) mass is 522 g/mol. The summed E-state index contributed by atoms with van der Waals surface area (Å²) in [6.07, 6.45) is 0.337. The number of hydrogen-bond acceptors (Lipinski definition) is 7. The van der Waals surface area contributed by atoms with Gasteiger partial charge in [0.05, 0.1) is 22.3 Å². The predicted molar refractivity (Wildman–Crippen MR) is 135 cm³/mol. The SMILES string of the molecule is CCN(CC)CC(c1cccc(C(F)(F)F)c1Cl)N1CCN(c2ncnc(N)c2-c2cn[nH]c2)CC1. The highest BCUT2D eigenvalue weighted by molar-refractivity contribution is 6.32. The van der Waals surface area contributed by atoms with Crippen LogP contribution in [0, 0.1) is 0 Å². The molecule has 36 heavy (non-hydrogen) atoms. The second-order valence-electron chi connectivity index (χ2n) is 8.68.